The Bertz CT molecular complexity index is 763. The van der Waals surface area contributed by atoms with Gasteiger partial charge in [0.1, 0.15) is 16.4 Å². The van der Waals surface area contributed by atoms with E-state index in [2.05, 4.69) is 0 Å². The standard InChI is InChI=1S/C12H10Cl2N2O3S/c13-9-3-2-8(6-10(9)14)19-11-4-1-7(15)5-12(11)20(16,17)18/h1-6H,15H2,(H2,16,17,18). The van der Waals surface area contributed by atoms with Gasteiger partial charge in [-0.3, -0.25) is 0 Å². The quantitative estimate of drug-likeness (QED) is 0.844. The summed E-state index contributed by atoms with van der Waals surface area (Å²) in [6, 6.07) is 8.69. The first-order valence-corrected chi connectivity index (χ1v) is 7.63. The van der Waals surface area contributed by atoms with Crippen molar-refractivity contribution in [3.05, 3.63) is 46.4 Å². The molecule has 0 atom stereocenters. The van der Waals surface area contributed by atoms with E-state index in [0.29, 0.717) is 10.8 Å². The monoisotopic (exact) mass is 332 g/mol. The van der Waals surface area contributed by atoms with Crippen LogP contribution >= 0.6 is 23.2 Å². The maximum absolute atomic E-state index is 11.5. The van der Waals surface area contributed by atoms with Crippen molar-refractivity contribution in [3.63, 3.8) is 0 Å². The van der Waals surface area contributed by atoms with Crippen LogP contribution in [0.1, 0.15) is 0 Å². The van der Waals surface area contributed by atoms with Crippen molar-refractivity contribution in [1.29, 1.82) is 0 Å². The van der Waals surface area contributed by atoms with E-state index in [4.69, 9.17) is 38.8 Å². The lowest BCUT2D eigenvalue weighted by Gasteiger charge is -2.11. The van der Waals surface area contributed by atoms with Crippen LogP contribution in [-0.2, 0) is 10.0 Å². The second-order valence-electron chi connectivity index (χ2n) is 3.93. The predicted molar refractivity (Wildman–Crippen MR) is 78.8 cm³/mol. The molecule has 0 unspecified atom stereocenters. The molecule has 0 amide bonds. The molecule has 0 aliphatic rings. The molecule has 0 bridgehead atoms. The van der Waals surface area contributed by atoms with E-state index in [-0.39, 0.29) is 21.4 Å². The van der Waals surface area contributed by atoms with Gasteiger partial charge in [-0.15, -0.1) is 0 Å². The highest BCUT2D eigenvalue weighted by molar-refractivity contribution is 7.89. The lowest BCUT2D eigenvalue weighted by molar-refractivity contribution is 0.468. The molecule has 0 fully saturated rings. The Hall–Kier alpha value is -1.47. The third-order valence-electron chi connectivity index (χ3n) is 2.39. The predicted octanol–water partition coefficient (Wildman–Crippen LogP) is 3.02. The third kappa shape index (κ3) is 3.34. The van der Waals surface area contributed by atoms with Crippen LogP contribution in [-0.4, -0.2) is 8.42 Å². The minimum Gasteiger partial charge on any atom is -0.456 e. The smallest absolute Gasteiger partial charge is 0.241 e. The maximum Gasteiger partial charge on any atom is 0.241 e. The molecule has 0 saturated carbocycles. The highest BCUT2D eigenvalue weighted by Gasteiger charge is 2.16. The molecule has 2 aromatic rings. The summed E-state index contributed by atoms with van der Waals surface area (Å²) in [7, 11) is -3.96. The van der Waals surface area contributed by atoms with Crippen LogP contribution in [0.2, 0.25) is 10.0 Å². The Balaban J connectivity index is 2.46. The molecule has 20 heavy (non-hydrogen) atoms. The van der Waals surface area contributed by atoms with Gasteiger partial charge >= 0.3 is 0 Å². The van der Waals surface area contributed by atoms with Crippen molar-refractivity contribution in [1.82, 2.24) is 0 Å². The number of nitrogens with two attached hydrogens (primary N) is 2. The summed E-state index contributed by atoms with van der Waals surface area (Å²) < 4.78 is 28.5. The summed E-state index contributed by atoms with van der Waals surface area (Å²) in [6.45, 7) is 0. The summed E-state index contributed by atoms with van der Waals surface area (Å²) >= 11 is 11.6. The Morgan fingerprint density at radius 2 is 1.70 bits per heavy atom. The fraction of sp³-hybridized carbons (Fsp3) is 0. The van der Waals surface area contributed by atoms with Crippen LogP contribution in [0.15, 0.2) is 41.3 Å². The largest absolute Gasteiger partial charge is 0.456 e. The van der Waals surface area contributed by atoms with Crippen molar-refractivity contribution >= 4 is 38.9 Å². The fourth-order valence-corrected chi connectivity index (χ4v) is 2.48. The second-order valence-corrected chi connectivity index (χ2v) is 6.27. The second kappa shape index (κ2) is 5.49. The Morgan fingerprint density at radius 3 is 2.30 bits per heavy atom. The summed E-state index contributed by atoms with van der Waals surface area (Å²) in [5, 5.41) is 5.78. The zero-order chi connectivity index (χ0) is 14.9. The van der Waals surface area contributed by atoms with E-state index in [1.54, 1.807) is 6.07 Å². The van der Waals surface area contributed by atoms with E-state index in [9.17, 15) is 8.42 Å². The first kappa shape index (κ1) is 14.9. The molecule has 0 saturated heterocycles. The topological polar surface area (TPSA) is 95.4 Å². The molecule has 0 aliphatic heterocycles. The van der Waals surface area contributed by atoms with E-state index in [0.717, 1.165) is 0 Å². The number of halogens is 2. The number of nitrogen functional groups attached to an aromatic ring is 1. The first-order chi connectivity index (χ1) is 9.27. The average molecular weight is 333 g/mol. The number of ether oxygens (including phenoxy) is 1. The molecule has 0 spiro atoms. The minimum absolute atomic E-state index is 0.0556. The first-order valence-electron chi connectivity index (χ1n) is 5.32. The van der Waals surface area contributed by atoms with Crippen molar-refractivity contribution < 1.29 is 13.2 Å². The Labute approximate surface area is 126 Å². The highest BCUT2D eigenvalue weighted by Crippen LogP contribution is 2.33. The zero-order valence-corrected chi connectivity index (χ0v) is 12.3. The third-order valence-corrected chi connectivity index (χ3v) is 4.06. The molecule has 4 N–H and O–H groups in total. The van der Waals surface area contributed by atoms with Gasteiger partial charge in [-0.05, 0) is 30.3 Å². The molecule has 0 aliphatic carbocycles. The molecule has 106 valence electrons. The van der Waals surface area contributed by atoms with Gasteiger partial charge < -0.3 is 10.5 Å². The Kier molecular flexibility index (Phi) is 4.10. The van der Waals surface area contributed by atoms with Crippen molar-refractivity contribution in [2.24, 2.45) is 5.14 Å². The number of anilines is 1. The number of primary sulfonamides is 1. The van der Waals surface area contributed by atoms with Crippen LogP contribution in [0.25, 0.3) is 0 Å². The molecule has 8 heteroatoms. The zero-order valence-electron chi connectivity index (χ0n) is 10.0. The summed E-state index contributed by atoms with van der Waals surface area (Å²) in [6.07, 6.45) is 0. The van der Waals surface area contributed by atoms with Crippen molar-refractivity contribution in [3.8, 4) is 11.5 Å². The van der Waals surface area contributed by atoms with Gasteiger partial charge in [0, 0.05) is 11.8 Å². The molecule has 0 aromatic heterocycles. The number of benzene rings is 2. The van der Waals surface area contributed by atoms with Crippen molar-refractivity contribution in [2.45, 2.75) is 4.90 Å². The molecule has 5 nitrogen and oxygen atoms in total. The Morgan fingerprint density at radius 1 is 1.00 bits per heavy atom. The van der Waals surface area contributed by atoms with Crippen LogP contribution in [0.5, 0.6) is 11.5 Å². The van der Waals surface area contributed by atoms with E-state index in [1.165, 1.54) is 30.3 Å². The summed E-state index contributed by atoms with van der Waals surface area (Å²) in [5.41, 5.74) is 5.81. The van der Waals surface area contributed by atoms with Crippen LogP contribution in [0.4, 0.5) is 5.69 Å². The molecular formula is C12H10Cl2N2O3S. The van der Waals surface area contributed by atoms with E-state index < -0.39 is 10.0 Å². The summed E-state index contributed by atoms with van der Waals surface area (Å²) in [4.78, 5) is -0.205. The van der Waals surface area contributed by atoms with Gasteiger partial charge in [0.15, 0.2) is 0 Å². The van der Waals surface area contributed by atoms with Crippen LogP contribution in [0.3, 0.4) is 0 Å². The van der Waals surface area contributed by atoms with Gasteiger partial charge in [-0.1, -0.05) is 23.2 Å². The number of hydrogen-bond acceptors (Lipinski definition) is 4. The van der Waals surface area contributed by atoms with Crippen LogP contribution in [0, 0.1) is 0 Å². The SMILES string of the molecule is Nc1ccc(Oc2ccc(Cl)c(Cl)c2)c(S(N)(=O)=O)c1. The maximum atomic E-state index is 11.5. The van der Waals surface area contributed by atoms with Crippen molar-refractivity contribution in [2.75, 3.05) is 5.73 Å². The number of sulfonamides is 1. The molecule has 0 heterocycles. The van der Waals surface area contributed by atoms with Gasteiger partial charge in [0.05, 0.1) is 10.0 Å². The molecule has 2 aromatic carbocycles. The lowest BCUT2D eigenvalue weighted by atomic mass is 10.3. The van der Waals surface area contributed by atoms with Gasteiger partial charge in [0.25, 0.3) is 0 Å². The van der Waals surface area contributed by atoms with Gasteiger partial charge in [0.2, 0.25) is 10.0 Å². The van der Waals surface area contributed by atoms with Gasteiger partial charge in [-0.2, -0.15) is 0 Å². The normalized spacial score (nSPS) is 11.3. The van der Waals surface area contributed by atoms with E-state index in [1.807, 2.05) is 0 Å². The highest BCUT2D eigenvalue weighted by atomic mass is 35.5. The lowest BCUT2D eigenvalue weighted by Crippen LogP contribution is -2.13. The molecule has 0 radical (unpaired) electrons. The van der Waals surface area contributed by atoms with Gasteiger partial charge in [-0.25, -0.2) is 13.6 Å². The average Bonchev–Trinajstić information content (AvgIpc) is 2.35. The van der Waals surface area contributed by atoms with Crippen LogP contribution < -0.4 is 15.6 Å². The fourth-order valence-electron chi connectivity index (χ4n) is 1.50. The van der Waals surface area contributed by atoms with E-state index >= 15 is 0 Å². The summed E-state index contributed by atoms with van der Waals surface area (Å²) in [5.74, 6) is 0.383. The number of rotatable bonds is 3. The molecular weight excluding hydrogens is 323 g/mol. The number of hydrogen-bond donors (Lipinski definition) is 2. The molecule has 2 rings (SSSR count). The minimum atomic E-state index is -3.96.